The van der Waals surface area contributed by atoms with Gasteiger partial charge in [-0.25, -0.2) is 9.97 Å². The van der Waals surface area contributed by atoms with E-state index < -0.39 is 17.5 Å². The SMILES string of the molecule is FC(F)(F)C1CCN(c2ncnc3c2OCCN3)CC12CCC2. The zero-order valence-electron chi connectivity index (χ0n) is 12.7. The van der Waals surface area contributed by atoms with Crippen molar-refractivity contribution in [2.45, 2.75) is 31.9 Å². The molecule has 1 atom stereocenters. The van der Waals surface area contributed by atoms with Crippen LogP contribution in [0.4, 0.5) is 24.8 Å². The zero-order chi connectivity index (χ0) is 16.1. The van der Waals surface area contributed by atoms with Crippen LogP contribution in [0.15, 0.2) is 6.33 Å². The molecule has 3 heterocycles. The minimum absolute atomic E-state index is 0.121. The number of nitrogens with one attached hydrogen (secondary N) is 1. The summed E-state index contributed by atoms with van der Waals surface area (Å²) in [7, 11) is 0. The van der Waals surface area contributed by atoms with Crippen LogP contribution in [0.25, 0.3) is 0 Å². The Bertz CT molecular complexity index is 603. The molecule has 0 amide bonds. The van der Waals surface area contributed by atoms with Gasteiger partial charge in [0.15, 0.2) is 11.6 Å². The molecule has 1 aromatic rings. The highest BCUT2D eigenvalue weighted by molar-refractivity contribution is 5.66. The number of fused-ring (bicyclic) bond motifs is 1. The van der Waals surface area contributed by atoms with Crippen molar-refractivity contribution in [3.05, 3.63) is 6.33 Å². The summed E-state index contributed by atoms with van der Waals surface area (Å²) >= 11 is 0. The molecule has 0 aromatic carbocycles. The van der Waals surface area contributed by atoms with Crippen molar-refractivity contribution < 1.29 is 17.9 Å². The second-order valence-electron chi connectivity index (χ2n) is 6.67. The van der Waals surface area contributed by atoms with E-state index in [1.807, 2.05) is 4.90 Å². The van der Waals surface area contributed by atoms with E-state index in [0.717, 1.165) is 6.42 Å². The number of hydrogen-bond acceptors (Lipinski definition) is 5. The molecule has 0 radical (unpaired) electrons. The van der Waals surface area contributed by atoms with Gasteiger partial charge in [0, 0.05) is 13.1 Å². The molecule has 0 bridgehead atoms. The quantitative estimate of drug-likeness (QED) is 0.859. The lowest BCUT2D eigenvalue weighted by molar-refractivity contribution is -0.225. The lowest BCUT2D eigenvalue weighted by Gasteiger charge is -2.54. The van der Waals surface area contributed by atoms with Crippen LogP contribution in [-0.4, -0.2) is 42.4 Å². The van der Waals surface area contributed by atoms with Crippen LogP contribution < -0.4 is 15.0 Å². The minimum atomic E-state index is -4.12. The standard InChI is InChI=1S/C15H19F3N4O/c16-15(17,18)10-2-6-22(8-14(10)3-1-4-14)13-11-12(20-9-21-13)19-5-7-23-11/h9-10H,1-8H2,(H,19,20,21). The lowest BCUT2D eigenvalue weighted by Crippen LogP contribution is -2.57. The Morgan fingerprint density at radius 2 is 2.13 bits per heavy atom. The fourth-order valence-corrected chi connectivity index (χ4v) is 4.16. The zero-order valence-corrected chi connectivity index (χ0v) is 12.7. The molecule has 8 heteroatoms. The number of halogens is 3. The Hall–Kier alpha value is -1.73. The Balaban J connectivity index is 1.63. The van der Waals surface area contributed by atoms with Crippen molar-refractivity contribution >= 4 is 11.6 Å². The third-order valence-corrected chi connectivity index (χ3v) is 5.40. The van der Waals surface area contributed by atoms with Gasteiger partial charge in [-0.2, -0.15) is 13.2 Å². The van der Waals surface area contributed by atoms with Crippen LogP contribution in [-0.2, 0) is 0 Å². The fraction of sp³-hybridized carbons (Fsp3) is 0.733. The van der Waals surface area contributed by atoms with Gasteiger partial charge in [-0.1, -0.05) is 6.42 Å². The first kappa shape index (κ1) is 14.8. The largest absolute Gasteiger partial charge is 0.485 e. The van der Waals surface area contributed by atoms with Gasteiger partial charge in [-0.05, 0) is 24.7 Å². The van der Waals surface area contributed by atoms with Crippen molar-refractivity contribution in [1.82, 2.24) is 9.97 Å². The predicted molar refractivity (Wildman–Crippen MR) is 78.7 cm³/mol. The highest BCUT2D eigenvalue weighted by Crippen LogP contribution is 2.57. The summed E-state index contributed by atoms with van der Waals surface area (Å²) in [5, 5.41) is 3.14. The summed E-state index contributed by atoms with van der Waals surface area (Å²) in [6.07, 6.45) is -0.398. The molecule has 1 saturated carbocycles. The van der Waals surface area contributed by atoms with Gasteiger partial charge in [-0.15, -0.1) is 0 Å². The van der Waals surface area contributed by atoms with Crippen molar-refractivity contribution in [2.24, 2.45) is 11.3 Å². The molecule has 126 valence electrons. The van der Waals surface area contributed by atoms with E-state index in [0.29, 0.717) is 56.5 Å². The summed E-state index contributed by atoms with van der Waals surface area (Å²) in [6.45, 7) is 1.92. The van der Waals surface area contributed by atoms with Crippen LogP contribution in [0, 0.1) is 11.3 Å². The first-order valence-electron chi connectivity index (χ1n) is 8.03. The summed E-state index contributed by atoms with van der Waals surface area (Å²) in [5.41, 5.74) is -0.656. The number of nitrogens with zero attached hydrogens (tertiary/aromatic N) is 3. The fourth-order valence-electron chi connectivity index (χ4n) is 4.16. The van der Waals surface area contributed by atoms with Crippen molar-refractivity contribution in [3.63, 3.8) is 0 Å². The third-order valence-electron chi connectivity index (χ3n) is 5.40. The van der Waals surface area contributed by atoms with E-state index in [9.17, 15) is 13.2 Å². The molecular weight excluding hydrogens is 309 g/mol. The average Bonchev–Trinajstić information content (AvgIpc) is 2.51. The molecule has 5 nitrogen and oxygen atoms in total. The molecule has 1 spiro atoms. The maximum Gasteiger partial charge on any atom is 0.392 e. The van der Waals surface area contributed by atoms with E-state index in [2.05, 4.69) is 15.3 Å². The normalized spacial score (nSPS) is 26.0. The van der Waals surface area contributed by atoms with Gasteiger partial charge in [0.05, 0.1) is 12.5 Å². The van der Waals surface area contributed by atoms with Gasteiger partial charge in [-0.3, -0.25) is 0 Å². The number of alkyl halides is 3. The number of rotatable bonds is 1. The van der Waals surface area contributed by atoms with Crippen molar-refractivity contribution in [3.8, 4) is 5.75 Å². The number of hydrogen-bond donors (Lipinski definition) is 1. The van der Waals surface area contributed by atoms with E-state index in [4.69, 9.17) is 4.74 Å². The van der Waals surface area contributed by atoms with E-state index >= 15 is 0 Å². The van der Waals surface area contributed by atoms with Gasteiger partial charge < -0.3 is 15.0 Å². The maximum absolute atomic E-state index is 13.4. The Morgan fingerprint density at radius 3 is 2.83 bits per heavy atom. The van der Waals surface area contributed by atoms with Crippen molar-refractivity contribution in [2.75, 3.05) is 36.5 Å². The second kappa shape index (κ2) is 5.14. The van der Waals surface area contributed by atoms with Crippen LogP contribution in [0.3, 0.4) is 0 Å². The number of ether oxygens (including phenoxy) is 1. The van der Waals surface area contributed by atoms with Gasteiger partial charge in [0.25, 0.3) is 0 Å². The van der Waals surface area contributed by atoms with Crippen molar-refractivity contribution in [1.29, 1.82) is 0 Å². The Kier molecular flexibility index (Phi) is 3.32. The van der Waals surface area contributed by atoms with Crippen LogP contribution in [0.2, 0.25) is 0 Å². The highest BCUT2D eigenvalue weighted by Gasteiger charge is 2.58. The second-order valence-corrected chi connectivity index (χ2v) is 6.67. The molecule has 1 unspecified atom stereocenters. The first-order valence-corrected chi connectivity index (χ1v) is 8.03. The summed E-state index contributed by atoms with van der Waals surface area (Å²) < 4.78 is 45.8. The minimum Gasteiger partial charge on any atom is -0.485 e. The summed E-state index contributed by atoms with van der Waals surface area (Å²) in [5.74, 6) is 0.617. The average molecular weight is 328 g/mol. The first-order chi connectivity index (χ1) is 11.0. The molecular formula is C15H19F3N4O. The van der Waals surface area contributed by atoms with Crippen LogP contribution in [0.1, 0.15) is 25.7 Å². The molecule has 4 rings (SSSR count). The molecule has 3 aliphatic rings. The molecule has 1 N–H and O–H groups in total. The maximum atomic E-state index is 13.4. The smallest absolute Gasteiger partial charge is 0.392 e. The monoisotopic (exact) mass is 328 g/mol. The predicted octanol–water partition coefficient (Wildman–Crippen LogP) is 2.84. The molecule has 2 fully saturated rings. The topological polar surface area (TPSA) is 50.3 Å². The number of aromatic nitrogens is 2. The van der Waals surface area contributed by atoms with Gasteiger partial charge in [0.2, 0.25) is 5.75 Å². The molecule has 23 heavy (non-hydrogen) atoms. The highest BCUT2D eigenvalue weighted by atomic mass is 19.4. The molecule has 1 aromatic heterocycles. The van der Waals surface area contributed by atoms with Crippen LogP contribution in [0.5, 0.6) is 5.75 Å². The Labute approximate surface area is 132 Å². The number of anilines is 2. The third kappa shape index (κ3) is 2.38. The van der Waals surface area contributed by atoms with E-state index in [1.54, 1.807) is 0 Å². The van der Waals surface area contributed by atoms with Gasteiger partial charge >= 0.3 is 6.18 Å². The van der Waals surface area contributed by atoms with E-state index in [-0.39, 0.29) is 6.42 Å². The van der Waals surface area contributed by atoms with E-state index in [1.165, 1.54) is 6.33 Å². The summed E-state index contributed by atoms with van der Waals surface area (Å²) in [4.78, 5) is 10.4. The molecule has 2 aliphatic heterocycles. The molecule has 1 aliphatic carbocycles. The number of piperidine rings is 1. The summed E-state index contributed by atoms with van der Waals surface area (Å²) in [6, 6.07) is 0. The van der Waals surface area contributed by atoms with Gasteiger partial charge in [0.1, 0.15) is 12.9 Å². The Morgan fingerprint density at radius 1 is 1.30 bits per heavy atom. The lowest BCUT2D eigenvalue weighted by atomic mass is 9.58. The molecule has 1 saturated heterocycles. The van der Waals surface area contributed by atoms with Crippen LogP contribution >= 0.6 is 0 Å².